The van der Waals surface area contributed by atoms with Crippen molar-refractivity contribution in [1.82, 2.24) is 14.5 Å². The first-order valence-corrected chi connectivity index (χ1v) is 8.61. The second kappa shape index (κ2) is 6.64. The molecule has 3 rings (SSSR count). The highest BCUT2D eigenvalue weighted by Gasteiger charge is 2.31. The largest absolute Gasteiger partial charge is 0.478 e. The monoisotopic (exact) mass is 381 g/mol. The maximum Gasteiger partial charge on any atom is 0.417 e. The van der Waals surface area contributed by atoms with Gasteiger partial charge in [0.15, 0.2) is 5.65 Å². The van der Waals surface area contributed by atoms with Crippen LogP contribution in [0.4, 0.5) is 13.2 Å². The number of nitrogens with zero attached hydrogens (tertiary/aromatic N) is 3. The predicted octanol–water partition coefficient (Wildman–Crippen LogP) is 4.46. The molecule has 0 amide bonds. The molecule has 2 heterocycles. The Morgan fingerprint density at radius 1 is 1.31 bits per heavy atom. The number of fused-ring (bicyclic) bond motifs is 1. The number of hydrogen-bond donors (Lipinski definition) is 1. The Morgan fingerprint density at radius 2 is 2.04 bits per heavy atom. The number of carboxylic acids is 1. The number of imidazole rings is 1. The minimum Gasteiger partial charge on any atom is -0.478 e. The molecular formula is C17H14F3N3O2S. The van der Waals surface area contributed by atoms with Gasteiger partial charge < -0.3 is 9.67 Å². The molecule has 0 aliphatic carbocycles. The maximum absolute atomic E-state index is 12.9. The number of carbonyl (C=O) groups is 1. The van der Waals surface area contributed by atoms with Crippen molar-refractivity contribution in [3.63, 3.8) is 0 Å². The van der Waals surface area contributed by atoms with Crippen molar-refractivity contribution in [3.05, 3.63) is 41.6 Å². The van der Waals surface area contributed by atoms with Crippen LogP contribution in [-0.4, -0.2) is 31.4 Å². The molecule has 0 spiro atoms. The van der Waals surface area contributed by atoms with Crippen molar-refractivity contribution < 1.29 is 23.1 Å². The van der Waals surface area contributed by atoms with Crippen molar-refractivity contribution in [3.8, 4) is 11.4 Å². The Labute approximate surface area is 150 Å². The number of halogens is 3. The van der Waals surface area contributed by atoms with E-state index >= 15 is 0 Å². The van der Waals surface area contributed by atoms with Gasteiger partial charge in [0, 0.05) is 23.7 Å². The van der Waals surface area contributed by atoms with Crippen LogP contribution < -0.4 is 0 Å². The Hall–Kier alpha value is -2.55. The summed E-state index contributed by atoms with van der Waals surface area (Å²) in [6.45, 7) is 1.92. The summed E-state index contributed by atoms with van der Waals surface area (Å²) in [5, 5.41) is 9.17. The summed E-state index contributed by atoms with van der Waals surface area (Å²) in [6.07, 6.45) is -3.71. The molecule has 9 heteroatoms. The summed E-state index contributed by atoms with van der Waals surface area (Å²) in [4.78, 5) is 20.1. The molecule has 0 bridgehead atoms. The van der Waals surface area contributed by atoms with Crippen LogP contribution in [0.5, 0.6) is 0 Å². The number of alkyl halides is 3. The van der Waals surface area contributed by atoms with Gasteiger partial charge in [-0.25, -0.2) is 14.8 Å². The van der Waals surface area contributed by atoms with E-state index in [1.54, 1.807) is 23.7 Å². The lowest BCUT2D eigenvalue weighted by atomic mass is 10.1. The minimum atomic E-state index is -4.49. The SMILES string of the molecule is CCSc1cc(C(=O)O)ccc1-c1nc2cc(C(F)(F)F)cnc2n1C. The summed E-state index contributed by atoms with van der Waals surface area (Å²) in [6, 6.07) is 5.57. The van der Waals surface area contributed by atoms with Crippen LogP contribution in [-0.2, 0) is 13.2 Å². The average molecular weight is 381 g/mol. The van der Waals surface area contributed by atoms with Crippen molar-refractivity contribution >= 4 is 28.9 Å². The molecule has 0 radical (unpaired) electrons. The molecule has 0 atom stereocenters. The van der Waals surface area contributed by atoms with Crippen LogP contribution in [0.15, 0.2) is 35.4 Å². The molecule has 136 valence electrons. The molecule has 26 heavy (non-hydrogen) atoms. The second-order valence-corrected chi connectivity index (χ2v) is 6.81. The normalized spacial score (nSPS) is 11.9. The van der Waals surface area contributed by atoms with Crippen LogP contribution in [0.1, 0.15) is 22.8 Å². The molecule has 0 fully saturated rings. The predicted molar refractivity (Wildman–Crippen MR) is 92.3 cm³/mol. The summed E-state index contributed by atoms with van der Waals surface area (Å²) >= 11 is 1.44. The van der Waals surface area contributed by atoms with Crippen LogP contribution in [0.25, 0.3) is 22.6 Å². The standard InChI is InChI=1S/C17H14F3N3O2S/c1-3-26-13-6-9(16(24)25)4-5-11(13)14-22-12-7-10(17(18,19)20)8-21-15(12)23(14)2/h4-8H,3H2,1-2H3,(H,24,25). The summed E-state index contributed by atoms with van der Waals surface area (Å²) in [7, 11) is 1.66. The van der Waals surface area contributed by atoms with Crippen LogP contribution in [0.3, 0.4) is 0 Å². The number of hydrogen-bond acceptors (Lipinski definition) is 4. The number of aromatic carboxylic acids is 1. The van der Waals surface area contributed by atoms with E-state index in [9.17, 15) is 18.0 Å². The zero-order chi connectivity index (χ0) is 19.1. The first-order chi connectivity index (χ1) is 12.2. The number of benzene rings is 1. The molecule has 0 unspecified atom stereocenters. The number of aromatic nitrogens is 3. The van der Waals surface area contributed by atoms with Gasteiger partial charge in [-0.3, -0.25) is 0 Å². The number of rotatable bonds is 4. The average Bonchev–Trinajstić information content (AvgIpc) is 2.90. The lowest BCUT2D eigenvalue weighted by Gasteiger charge is -2.09. The van der Waals surface area contributed by atoms with Gasteiger partial charge in [0.25, 0.3) is 0 Å². The third kappa shape index (κ3) is 3.26. The van der Waals surface area contributed by atoms with Crippen LogP contribution >= 0.6 is 11.8 Å². The minimum absolute atomic E-state index is 0.132. The van der Waals surface area contributed by atoms with E-state index in [0.29, 0.717) is 27.7 Å². The highest BCUT2D eigenvalue weighted by atomic mass is 32.2. The van der Waals surface area contributed by atoms with Crippen molar-refractivity contribution in [2.24, 2.45) is 7.05 Å². The quantitative estimate of drug-likeness (QED) is 0.676. The van der Waals surface area contributed by atoms with Crippen LogP contribution in [0, 0.1) is 0 Å². The van der Waals surface area contributed by atoms with Crippen molar-refractivity contribution in [2.75, 3.05) is 5.75 Å². The van der Waals surface area contributed by atoms with Crippen molar-refractivity contribution in [2.45, 2.75) is 18.0 Å². The first-order valence-electron chi connectivity index (χ1n) is 7.62. The van der Waals surface area contributed by atoms with E-state index in [1.807, 2.05) is 6.92 Å². The summed E-state index contributed by atoms with van der Waals surface area (Å²) < 4.78 is 40.3. The fraction of sp³-hybridized carbons (Fsp3) is 0.235. The molecule has 0 saturated carbocycles. The second-order valence-electron chi connectivity index (χ2n) is 5.51. The Balaban J connectivity index is 2.19. The molecular weight excluding hydrogens is 367 g/mol. The van der Waals surface area contributed by atoms with E-state index in [-0.39, 0.29) is 11.1 Å². The van der Waals surface area contributed by atoms with Gasteiger partial charge in [-0.1, -0.05) is 6.92 Å². The van der Waals surface area contributed by atoms with Crippen molar-refractivity contribution in [1.29, 1.82) is 0 Å². The molecule has 1 aromatic carbocycles. The van der Waals surface area contributed by atoms with E-state index in [2.05, 4.69) is 9.97 Å². The smallest absolute Gasteiger partial charge is 0.417 e. The molecule has 0 saturated heterocycles. The van der Waals surface area contributed by atoms with Gasteiger partial charge >= 0.3 is 12.1 Å². The summed E-state index contributed by atoms with van der Waals surface area (Å²) in [5.41, 5.74) is 0.380. The van der Waals surface area contributed by atoms with E-state index < -0.39 is 17.7 Å². The molecule has 5 nitrogen and oxygen atoms in total. The third-order valence-corrected chi connectivity index (χ3v) is 4.74. The summed E-state index contributed by atoms with van der Waals surface area (Å²) in [5.74, 6) is 0.0898. The number of thioether (sulfide) groups is 1. The van der Waals surface area contributed by atoms with Gasteiger partial charge in [-0.15, -0.1) is 11.8 Å². The Morgan fingerprint density at radius 3 is 2.65 bits per heavy atom. The Kier molecular flexibility index (Phi) is 4.66. The topological polar surface area (TPSA) is 68.0 Å². The first kappa shape index (κ1) is 18.2. The fourth-order valence-electron chi connectivity index (χ4n) is 2.59. The molecule has 1 N–H and O–H groups in total. The number of pyridine rings is 1. The Bertz CT molecular complexity index is 999. The molecule has 0 aliphatic rings. The van der Waals surface area contributed by atoms with Gasteiger partial charge in [-0.2, -0.15) is 13.2 Å². The zero-order valence-electron chi connectivity index (χ0n) is 13.8. The zero-order valence-corrected chi connectivity index (χ0v) is 14.6. The lowest BCUT2D eigenvalue weighted by molar-refractivity contribution is -0.137. The number of aryl methyl sites for hydroxylation is 1. The molecule has 3 aromatic rings. The third-order valence-electron chi connectivity index (χ3n) is 3.81. The molecule has 0 aliphatic heterocycles. The maximum atomic E-state index is 12.9. The van der Waals surface area contributed by atoms with E-state index in [1.165, 1.54) is 17.8 Å². The highest BCUT2D eigenvalue weighted by molar-refractivity contribution is 7.99. The van der Waals surface area contributed by atoms with Gasteiger partial charge in [0.05, 0.1) is 11.1 Å². The van der Waals surface area contributed by atoms with Crippen LogP contribution in [0.2, 0.25) is 0 Å². The molecule has 2 aromatic heterocycles. The van der Waals surface area contributed by atoms with Gasteiger partial charge in [0.1, 0.15) is 11.3 Å². The van der Waals surface area contributed by atoms with Gasteiger partial charge in [-0.05, 0) is 30.0 Å². The fourth-order valence-corrected chi connectivity index (χ4v) is 3.42. The van der Waals surface area contributed by atoms with E-state index in [0.717, 1.165) is 12.3 Å². The highest BCUT2D eigenvalue weighted by Crippen LogP contribution is 2.35. The number of carboxylic acid groups (broad SMARTS) is 1. The van der Waals surface area contributed by atoms with E-state index in [4.69, 9.17) is 5.11 Å². The van der Waals surface area contributed by atoms with Gasteiger partial charge in [0.2, 0.25) is 0 Å². The lowest BCUT2D eigenvalue weighted by Crippen LogP contribution is -2.05.